The van der Waals surface area contributed by atoms with Crippen LogP contribution in [0.4, 0.5) is 5.69 Å². The van der Waals surface area contributed by atoms with Crippen LogP contribution in [0.1, 0.15) is 11.1 Å². The predicted octanol–water partition coefficient (Wildman–Crippen LogP) is 4.33. The van der Waals surface area contributed by atoms with Gasteiger partial charge < -0.3 is 4.74 Å². The van der Waals surface area contributed by atoms with Crippen molar-refractivity contribution in [3.05, 3.63) is 62.1 Å². The first-order valence-corrected chi connectivity index (χ1v) is 6.43. The van der Waals surface area contributed by atoms with Crippen LogP contribution in [-0.2, 0) is 0 Å². The van der Waals surface area contributed by atoms with Crippen LogP contribution in [0.15, 0.2) is 40.9 Å². The lowest BCUT2D eigenvalue weighted by Crippen LogP contribution is -1.94. The maximum absolute atomic E-state index is 11.0. The smallest absolute Gasteiger partial charge is 0.311 e. The number of benzene rings is 2. The van der Waals surface area contributed by atoms with Crippen molar-refractivity contribution in [3.63, 3.8) is 0 Å². The quantitative estimate of drug-likeness (QED) is 0.619. The van der Waals surface area contributed by atoms with Crippen molar-refractivity contribution < 1.29 is 9.66 Å². The molecular formula is C14H9BrN2O3. The largest absolute Gasteiger partial charge is 0.450 e. The van der Waals surface area contributed by atoms with Gasteiger partial charge in [0.1, 0.15) is 11.8 Å². The molecule has 0 spiro atoms. The molecule has 2 rings (SSSR count). The Hall–Kier alpha value is -2.39. The molecule has 5 nitrogen and oxygen atoms in total. The minimum atomic E-state index is -0.493. The molecule has 0 aromatic heterocycles. The van der Waals surface area contributed by atoms with Crippen LogP contribution in [0, 0.1) is 28.4 Å². The third kappa shape index (κ3) is 2.95. The van der Waals surface area contributed by atoms with Crippen LogP contribution < -0.4 is 4.74 Å². The van der Waals surface area contributed by atoms with Crippen LogP contribution >= 0.6 is 15.9 Å². The van der Waals surface area contributed by atoms with E-state index in [9.17, 15) is 10.1 Å². The van der Waals surface area contributed by atoms with Gasteiger partial charge in [0.15, 0.2) is 0 Å². The zero-order valence-corrected chi connectivity index (χ0v) is 12.0. The van der Waals surface area contributed by atoms with Crippen molar-refractivity contribution in [1.29, 1.82) is 5.26 Å². The van der Waals surface area contributed by atoms with Crippen LogP contribution in [0.3, 0.4) is 0 Å². The lowest BCUT2D eigenvalue weighted by molar-refractivity contribution is -0.385. The first kappa shape index (κ1) is 14.0. The third-order valence-corrected chi connectivity index (χ3v) is 3.26. The number of nitro benzene ring substituents is 1. The number of hydrogen-bond acceptors (Lipinski definition) is 4. The molecule has 0 amide bonds. The Morgan fingerprint density at radius 3 is 2.65 bits per heavy atom. The van der Waals surface area contributed by atoms with E-state index in [0.717, 1.165) is 5.56 Å². The highest BCUT2D eigenvalue weighted by Gasteiger charge is 2.16. The second-order valence-electron chi connectivity index (χ2n) is 4.08. The van der Waals surface area contributed by atoms with Crippen LogP contribution in [-0.4, -0.2) is 4.92 Å². The Kier molecular flexibility index (Phi) is 4.01. The van der Waals surface area contributed by atoms with Gasteiger partial charge in [-0.15, -0.1) is 0 Å². The number of nitriles is 1. The molecule has 6 heteroatoms. The minimum absolute atomic E-state index is 0.101. The molecule has 2 aromatic carbocycles. The van der Waals surface area contributed by atoms with Gasteiger partial charge in [-0.3, -0.25) is 10.1 Å². The lowest BCUT2D eigenvalue weighted by Gasteiger charge is -2.08. The van der Waals surface area contributed by atoms with Crippen molar-refractivity contribution in [3.8, 4) is 17.6 Å². The monoisotopic (exact) mass is 332 g/mol. The van der Waals surface area contributed by atoms with Gasteiger partial charge in [-0.05, 0) is 52.7 Å². The summed E-state index contributed by atoms with van der Waals surface area (Å²) < 4.78 is 6.13. The normalized spacial score (nSPS) is 9.85. The van der Waals surface area contributed by atoms with Crippen molar-refractivity contribution in [2.24, 2.45) is 0 Å². The van der Waals surface area contributed by atoms with E-state index < -0.39 is 4.92 Å². The first-order valence-electron chi connectivity index (χ1n) is 5.64. The molecule has 0 aliphatic carbocycles. The highest BCUT2D eigenvalue weighted by Crippen LogP contribution is 2.33. The maximum atomic E-state index is 11.0. The molecule has 0 N–H and O–H groups in total. The van der Waals surface area contributed by atoms with Gasteiger partial charge in [0, 0.05) is 10.5 Å². The number of ether oxygens (including phenoxy) is 1. The minimum Gasteiger partial charge on any atom is -0.450 e. The first-order chi connectivity index (χ1) is 9.51. The summed E-state index contributed by atoms with van der Waals surface area (Å²) in [6.07, 6.45) is 0. The molecule has 0 fully saturated rings. The Balaban J connectivity index is 2.39. The highest BCUT2D eigenvalue weighted by atomic mass is 79.9. The topological polar surface area (TPSA) is 76.2 Å². The molecule has 0 saturated carbocycles. The van der Waals surface area contributed by atoms with Crippen molar-refractivity contribution in [2.75, 3.05) is 0 Å². The average Bonchev–Trinajstić information content (AvgIpc) is 2.38. The van der Waals surface area contributed by atoms with E-state index in [0.29, 0.717) is 15.8 Å². The van der Waals surface area contributed by atoms with Crippen molar-refractivity contribution >= 4 is 21.6 Å². The summed E-state index contributed by atoms with van der Waals surface area (Å²) in [5.41, 5.74) is 1.23. The van der Waals surface area contributed by atoms with E-state index in [-0.39, 0.29) is 11.4 Å². The molecule has 0 aliphatic heterocycles. The molecular weight excluding hydrogens is 324 g/mol. The molecule has 0 atom stereocenters. The summed E-state index contributed by atoms with van der Waals surface area (Å²) in [5, 5.41) is 19.8. The zero-order valence-electron chi connectivity index (χ0n) is 10.5. The molecule has 0 aliphatic rings. The summed E-state index contributed by atoms with van der Waals surface area (Å²) in [6, 6.07) is 11.5. The fourth-order valence-electron chi connectivity index (χ4n) is 1.63. The predicted molar refractivity (Wildman–Crippen MR) is 76.8 cm³/mol. The molecule has 20 heavy (non-hydrogen) atoms. The number of nitro groups is 1. The SMILES string of the molecule is Cc1ccc([N+](=O)[O-])c(Oc2ccc(C#N)c(Br)c2)c1. The van der Waals surface area contributed by atoms with Crippen LogP contribution in [0.2, 0.25) is 0 Å². The molecule has 0 unspecified atom stereocenters. The van der Waals surface area contributed by atoms with E-state index in [2.05, 4.69) is 15.9 Å². The Bertz CT molecular complexity index is 723. The van der Waals surface area contributed by atoms with Gasteiger partial charge in [-0.1, -0.05) is 6.07 Å². The number of hydrogen-bond donors (Lipinski definition) is 0. The van der Waals surface area contributed by atoms with E-state index in [1.54, 1.807) is 30.3 Å². The standard InChI is InChI=1S/C14H9BrN2O3/c1-9-2-5-13(17(18)19)14(6-9)20-11-4-3-10(8-16)12(15)7-11/h2-7H,1H3. The van der Waals surface area contributed by atoms with Crippen molar-refractivity contribution in [1.82, 2.24) is 0 Å². The highest BCUT2D eigenvalue weighted by molar-refractivity contribution is 9.10. The van der Waals surface area contributed by atoms with Gasteiger partial charge in [-0.25, -0.2) is 0 Å². The van der Waals surface area contributed by atoms with Gasteiger partial charge in [0.05, 0.1) is 10.5 Å². The lowest BCUT2D eigenvalue weighted by atomic mass is 10.2. The second-order valence-corrected chi connectivity index (χ2v) is 4.94. The molecule has 0 radical (unpaired) electrons. The molecule has 2 aromatic rings. The van der Waals surface area contributed by atoms with E-state index >= 15 is 0 Å². The van der Waals surface area contributed by atoms with Gasteiger partial charge in [0.25, 0.3) is 0 Å². The Morgan fingerprint density at radius 1 is 1.30 bits per heavy atom. The van der Waals surface area contributed by atoms with E-state index in [1.165, 1.54) is 6.07 Å². The van der Waals surface area contributed by atoms with Crippen LogP contribution in [0.5, 0.6) is 11.5 Å². The Morgan fingerprint density at radius 2 is 2.05 bits per heavy atom. The second kappa shape index (κ2) is 5.72. The fourth-order valence-corrected chi connectivity index (χ4v) is 2.08. The summed E-state index contributed by atoms with van der Waals surface area (Å²) in [5.74, 6) is 0.594. The van der Waals surface area contributed by atoms with Crippen molar-refractivity contribution in [2.45, 2.75) is 6.92 Å². The third-order valence-electron chi connectivity index (χ3n) is 2.60. The summed E-state index contributed by atoms with van der Waals surface area (Å²) >= 11 is 3.25. The number of aryl methyl sites for hydroxylation is 1. The van der Waals surface area contributed by atoms with E-state index in [1.807, 2.05) is 13.0 Å². The average molecular weight is 333 g/mol. The Labute approximate surface area is 123 Å². The zero-order chi connectivity index (χ0) is 14.7. The molecule has 0 heterocycles. The molecule has 0 saturated heterocycles. The summed E-state index contributed by atoms with van der Waals surface area (Å²) in [4.78, 5) is 10.5. The molecule has 0 bridgehead atoms. The number of nitrogens with zero attached hydrogens (tertiary/aromatic N) is 2. The maximum Gasteiger partial charge on any atom is 0.311 e. The van der Waals surface area contributed by atoms with Gasteiger partial charge in [0.2, 0.25) is 5.75 Å². The number of halogens is 1. The summed E-state index contributed by atoms with van der Waals surface area (Å²) in [7, 11) is 0. The fraction of sp³-hybridized carbons (Fsp3) is 0.0714. The van der Waals surface area contributed by atoms with Gasteiger partial charge >= 0.3 is 5.69 Å². The van der Waals surface area contributed by atoms with E-state index in [4.69, 9.17) is 10.00 Å². The summed E-state index contributed by atoms with van der Waals surface area (Å²) in [6.45, 7) is 1.82. The van der Waals surface area contributed by atoms with Gasteiger partial charge in [-0.2, -0.15) is 5.26 Å². The number of rotatable bonds is 3. The molecule has 100 valence electrons. The van der Waals surface area contributed by atoms with Crippen LogP contribution in [0.25, 0.3) is 0 Å².